The molecule has 42 heavy (non-hydrogen) atoms. The van der Waals surface area contributed by atoms with Crippen LogP contribution in [0.4, 0.5) is 0 Å². The number of hydrogen-bond acceptors (Lipinski definition) is 0. The molecule has 0 spiro atoms. The average molecular weight is 664 g/mol. The largest absolute Gasteiger partial charge is 1.00 e. The summed E-state index contributed by atoms with van der Waals surface area (Å²) in [5, 5.41) is 5.38. The molecule has 7 rings (SSSR count). The van der Waals surface area contributed by atoms with Gasteiger partial charge in [0.2, 0.25) is 0 Å². The maximum Gasteiger partial charge on any atom is -1.00 e. The molecule has 207 valence electrons. The Labute approximate surface area is 277 Å². The Morgan fingerprint density at radius 1 is 0.643 bits per heavy atom. The first-order chi connectivity index (χ1) is 19.5. The molecule has 0 bridgehead atoms. The van der Waals surface area contributed by atoms with Gasteiger partial charge in [-0.2, -0.15) is 0 Å². The summed E-state index contributed by atoms with van der Waals surface area (Å²) < 4.78 is 1.57. The van der Waals surface area contributed by atoms with Gasteiger partial charge in [0, 0.05) is 0 Å². The first-order valence-corrected chi connectivity index (χ1v) is 15.7. The molecular weight excluding hydrogens is 631 g/mol. The fourth-order valence-electron chi connectivity index (χ4n) is 6.91. The molecule has 0 heterocycles. The monoisotopic (exact) mass is 661 g/mol. The number of aryl methyl sites for hydroxylation is 1. The zero-order valence-corrected chi connectivity index (χ0v) is 28.2. The molecule has 1 aliphatic carbocycles. The van der Waals surface area contributed by atoms with E-state index in [4.69, 9.17) is 0 Å². The molecule has 0 N–H and O–H groups in total. The molecule has 1 atom stereocenters. The Hall–Kier alpha value is -2.70. The predicted molar refractivity (Wildman–Crippen MR) is 167 cm³/mol. The minimum Gasteiger partial charge on any atom is -1.00 e. The first-order valence-electron chi connectivity index (χ1n) is 14.5. The second-order valence-electron chi connectivity index (χ2n) is 11.8. The van der Waals surface area contributed by atoms with Gasteiger partial charge in [0.15, 0.2) is 0 Å². The average Bonchev–Trinajstić information content (AvgIpc) is 3.34. The van der Waals surface area contributed by atoms with Crippen molar-refractivity contribution in [3.63, 3.8) is 0 Å². The molecule has 6 aromatic rings. The van der Waals surface area contributed by atoms with E-state index in [1.165, 1.54) is 90.8 Å². The quantitative estimate of drug-likeness (QED) is 0.264. The second-order valence-corrected chi connectivity index (χ2v) is 13.0. The summed E-state index contributed by atoms with van der Waals surface area (Å²) >= 11 is 1.52. The van der Waals surface area contributed by atoms with Crippen LogP contribution in [0, 0.1) is 12.8 Å². The first kappa shape index (κ1) is 30.8. The van der Waals surface area contributed by atoms with Crippen LogP contribution >= 0.6 is 0 Å². The fourth-order valence-corrected chi connectivity index (χ4v) is 7.91. The third-order valence-corrected chi connectivity index (χ3v) is 10.6. The molecule has 0 saturated heterocycles. The van der Waals surface area contributed by atoms with Crippen LogP contribution in [0.3, 0.4) is 0 Å². The van der Waals surface area contributed by atoms with Crippen LogP contribution in [0.5, 0.6) is 0 Å². The summed E-state index contributed by atoms with van der Waals surface area (Å²) in [4.78, 5) is 0. The van der Waals surface area contributed by atoms with Gasteiger partial charge >= 0.3 is 254 Å². The third-order valence-electron chi connectivity index (χ3n) is 9.05. The van der Waals surface area contributed by atoms with E-state index in [1.807, 2.05) is 0 Å². The molecule has 0 fully saturated rings. The van der Waals surface area contributed by atoms with E-state index in [1.54, 1.807) is 8.83 Å². The van der Waals surface area contributed by atoms with Crippen molar-refractivity contribution in [1.82, 2.24) is 0 Å². The second kappa shape index (κ2) is 12.5. The van der Waals surface area contributed by atoms with Crippen LogP contribution in [0.2, 0.25) is 0 Å². The Bertz CT molecular complexity index is 1910. The van der Waals surface area contributed by atoms with E-state index >= 15 is 0 Å². The summed E-state index contributed by atoms with van der Waals surface area (Å²) in [5.41, 5.74) is 13.0. The summed E-state index contributed by atoms with van der Waals surface area (Å²) in [6.45, 7) is 7.05. The van der Waals surface area contributed by atoms with Gasteiger partial charge in [-0.15, -0.1) is 0 Å². The maximum absolute atomic E-state index is 2.48. The number of benzene rings is 6. The van der Waals surface area contributed by atoms with Gasteiger partial charge in [0.05, 0.1) is 0 Å². The van der Waals surface area contributed by atoms with Gasteiger partial charge in [-0.3, -0.25) is 0 Å². The van der Waals surface area contributed by atoms with Gasteiger partial charge in [-0.25, -0.2) is 0 Å². The Kier molecular flexibility index (Phi) is 9.15. The predicted octanol–water partition coefficient (Wildman–Crippen LogP) is 3.70. The minimum atomic E-state index is 0. The Morgan fingerprint density at radius 2 is 1.29 bits per heavy atom. The van der Waals surface area contributed by atoms with Gasteiger partial charge in [0.1, 0.15) is 0 Å². The SMILES string of the molecule is Cc1cc2c(cc1-c1cccc3ccccc13)Cc1c-2ccc(CC(c2cccc3ccccc23)C(C)C)[c]1[Zr+2].[Cl-].[Cl-]. The van der Waals surface area contributed by atoms with Crippen molar-refractivity contribution in [2.24, 2.45) is 5.92 Å². The number of halogens is 2. The van der Waals surface area contributed by atoms with E-state index in [0.29, 0.717) is 11.8 Å². The van der Waals surface area contributed by atoms with E-state index in [-0.39, 0.29) is 24.8 Å². The smallest absolute Gasteiger partial charge is 1.00 e. The van der Waals surface area contributed by atoms with Crippen molar-refractivity contribution in [1.29, 1.82) is 0 Å². The van der Waals surface area contributed by atoms with Gasteiger partial charge in [-0.1, -0.05) is 0 Å². The molecule has 6 aromatic carbocycles. The standard InChI is InChI=1S/C39H33.2ClH.Zr/c1-25(2)37(35-16-8-12-28-10-4-6-14-32(28)35)22-27-18-19-34-30(21-27)23-31-24-38(26(3)20-39(31)34)36-17-9-13-29-11-5-7-15-33(29)36;;;/h4-20,24-25,37H,22-23H2,1-3H3;2*1H;/q;;;+2/p-2. The minimum absolute atomic E-state index is 0. The van der Waals surface area contributed by atoms with Crippen LogP contribution in [-0.2, 0) is 37.6 Å². The van der Waals surface area contributed by atoms with Crippen LogP contribution < -0.4 is 28.1 Å². The third kappa shape index (κ3) is 5.30. The van der Waals surface area contributed by atoms with Crippen molar-refractivity contribution in [3.8, 4) is 22.3 Å². The van der Waals surface area contributed by atoms with Crippen molar-refractivity contribution in [3.05, 3.63) is 137 Å². The van der Waals surface area contributed by atoms with E-state index in [0.717, 1.165) is 12.8 Å². The fraction of sp³-hybridized carbons (Fsp3) is 0.179. The number of hydrogen-bond donors (Lipinski definition) is 0. The Morgan fingerprint density at radius 3 is 2.02 bits per heavy atom. The molecule has 0 nitrogen and oxygen atoms in total. The van der Waals surface area contributed by atoms with Crippen molar-refractivity contribution in [2.45, 2.75) is 39.5 Å². The normalized spacial score (nSPS) is 12.5. The van der Waals surface area contributed by atoms with E-state index in [2.05, 4.69) is 130 Å². The molecule has 0 aromatic heterocycles. The van der Waals surface area contributed by atoms with Crippen molar-refractivity contribution in [2.75, 3.05) is 0 Å². The summed E-state index contributed by atoms with van der Waals surface area (Å²) in [7, 11) is 0. The maximum atomic E-state index is 2.48. The molecule has 1 unspecified atom stereocenters. The van der Waals surface area contributed by atoms with Crippen LogP contribution in [-0.4, -0.2) is 0 Å². The summed E-state index contributed by atoms with van der Waals surface area (Å²) in [6, 6.07) is 40.9. The molecule has 0 saturated carbocycles. The molecule has 0 aliphatic heterocycles. The van der Waals surface area contributed by atoms with Gasteiger partial charge in [0.25, 0.3) is 0 Å². The molecular formula is C39H33Cl2Zr. The van der Waals surface area contributed by atoms with Crippen molar-refractivity contribution >= 4 is 24.8 Å². The van der Waals surface area contributed by atoms with Crippen LogP contribution in [0.25, 0.3) is 43.8 Å². The van der Waals surface area contributed by atoms with E-state index < -0.39 is 0 Å². The number of rotatable bonds is 5. The van der Waals surface area contributed by atoms with E-state index in [9.17, 15) is 0 Å². The zero-order chi connectivity index (χ0) is 27.4. The van der Waals surface area contributed by atoms with Crippen molar-refractivity contribution < 1.29 is 49.5 Å². The molecule has 3 heteroatoms. The molecule has 0 amide bonds. The zero-order valence-electron chi connectivity index (χ0n) is 24.2. The van der Waals surface area contributed by atoms with Crippen LogP contribution in [0.1, 0.15) is 47.6 Å². The van der Waals surface area contributed by atoms with Gasteiger partial charge < -0.3 is 24.8 Å². The van der Waals surface area contributed by atoms with Gasteiger partial charge in [-0.05, 0) is 0 Å². The van der Waals surface area contributed by atoms with Crippen LogP contribution in [0.15, 0.2) is 109 Å². The Balaban J connectivity index is 0.00000176. The number of fused-ring (bicyclic) bond motifs is 5. The topological polar surface area (TPSA) is 0 Å². The molecule has 1 aliphatic rings. The molecule has 0 radical (unpaired) electrons. The summed E-state index contributed by atoms with van der Waals surface area (Å²) in [5.74, 6) is 1.06. The summed E-state index contributed by atoms with van der Waals surface area (Å²) in [6.07, 6.45) is 2.13.